The molecular formula is C32H33NO6. The summed E-state index contributed by atoms with van der Waals surface area (Å²) < 4.78 is 22.6. The number of aliphatic imine (C=N–C) groups is 1. The third kappa shape index (κ3) is 5.39. The lowest BCUT2D eigenvalue weighted by Gasteiger charge is -2.35. The molecule has 5 rings (SSSR count). The Morgan fingerprint density at radius 1 is 0.974 bits per heavy atom. The number of rotatable bonds is 8. The molecule has 3 aromatic rings. The zero-order chi connectivity index (χ0) is 27.5. The highest BCUT2D eigenvalue weighted by molar-refractivity contribution is 6.09. The Morgan fingerprint density at radius 3 is 2.44 bits per heavy atom. The van der Waals surface area contributed by atoms with E-state index in [0.29, 0.717) is 53.5 Å². The molecule has 0 spiro atoms. The maximum atomic E-state index is 13.8. The molecule has 0 saturated carbocycles. The molecule has 3 atom stereocenters. The van der Waals surface area contributed by atoms with Crippen molar-refractivity contribution in [2.45, 2.75) is 44.9 Å². The van der Waals surface area contributed by atoms with Gasteiger partial charge in [0.15, 0.2) is 17.3 Å². The molecule has 7 heteroatoms. The van der Waals surface area contributed by atoms with Crippen molar-refractivity contribution < 1.29 is 28.2 Å². The van der Waals surface area contributed by atoms with Gasteiger partial charge in [-0.05, 0) is 61.6 Å². The lowest BCUT2D eigenvalue weighted by molar-refractivity contribution is -0.146. The van der Waals surface area contributed by atoms with Crippen LogP contribution >= 0.6 is 0 Å². The monoisotopic (exact) mass is 527 g/mol. The maximum absolute atomic E-state index is 13.8. The van der Waals surface area contributed by atoms with Gasteiger partial charge in [-0.2, -0.15) is 0 Å². The minimum Gasteiger partial charge on any atom is -0.493 e. The molecule has 202 valence electrons. The van der Waals surface area contributed by atoms with E-state index in [1.807, 2.05) is 74.5 Å². The summed E-state index contributed by atoms with van der Waals surface area (Å²) in [6.07, 6.45) is 1.48. The van der Waals surface area contributed by atoms with Gasteiger partial charge < -0.3 is 18.6 Å². The highest BCUT2D eigenvalue weighted by Crippen LogP contribution is 2.47. The van der Waals surface area contributed by atoms with Crippen LogP contribution in [0, 0.1) is 12.8 Å². The first-order chi connectivity index (χ1) is 18.9. The highest BCUT2D eigenvalue weighted by atomic mass is 16.5. The van der Waals surface area contributed by atoms with Crippen LogP contribution in [0.2, 0.25) is 0 Å². The van der Waals surface area contributed by atoms with Crippen molar-refractivity contribution in [3.05, 3.63) is 94.6 Å². The van der Waals surface area contributed by atoms with Gasteiger partial charge in [-0.3, -0.25) is 14.6 Å². The molecule has 1 aliphatic carbocycles. The number of furan rings is 1. The van der Waals surface area contributed by atoms with E-state index in [1.165, 1.54) is 0 Å². The summed E-state index contributed by atoms with van der Waals surface area (Å²) in [4.78, 5) is 32.1. The molecule has 3 unspecified atom stereocenters. The third-order valence-electron chi connectivity index (χ3n) is 7.57. The van der Waals surface area contributed by atoms with Crippen molar-refractivity contribution in [1.29, 1.82) is 0 Å². The van der Waals surface area contributed by atoms with Gasteiger partial charge >= 0.3 is 5.97 Å². The molecule has 7 nitrogen and oxygen atoms in total. The topological polar surface area (TPSA) is 87.3 Å². The van der Waals surface area contributed by atoms with E-state index in [2.05, 4.69) is 0 Å². The first-order valence-electron chi connectivity index (χ1n) is 13.2. The number of benzene rings is 2. The van der Waals surface area contributed by atoms with Crippen LogP contribution in [-0.2, 0) is 20.7 Å². The van der Waals surface area contributed by atoms with Gasteiger partial charge in [0.2, 0.25) is 0 Å². The predicted molar refractivity (Wildman–Crippen MR) is 147 cm³/mol. The fourth-order valence-electron chi connectivity index (χ4n) is 5.64. The van der Waals surface area contributed by atoms with Crippen LogP contribution in [0.4, 0.5) is 0 Å². The van der Waals surface area contributed by atoms with E-state index in [4.69, 9.17) is 23.6 Å². The highest BCUT2D eigenvalue weighted by Gasteiger charge is 2.46. The summed E-state index contributed by atoms with van der Waals surface area (Å²) in [5.41, 5.74) is 3.95. The molecule has 2 aliphatic rings. The number of methoxy groups -OCH3 is 2. The molecule has 0 radical (unpaired) electrons. The van der Waals surface area contributed by atoms with Crippen molar-refractivity contribution in [3.63, 3.8) is 0 Å². The van der Waals surface area contributed by atoms with Gasteiger partial charge in [0.05, 0.1) is 26.7 Å². The second kappa shape index (κ2) is 11.3. The summed E-state index contributed by atoms with van der Waals surface area (Å²) in [6, 6.07) is 19.3. The number of carbonyl (C=O) groups is 2. The maximum Gasteiger partial charge on any atom is 0.315 e. The van der Waals surface area contributed by atoms with Gasteiger partial charge in [0.1, 0.15) is 17.4 Å². The molecule has 0 saturated heterocycles. The number of Topliss-reactive ketones (excluding diaryl/α,β-unsaturated/α-hetero) is 1. The summed E-state index contributed by atoms with van der Waals surface area (Å²) in [5.74, 6) is 0.750. The smallest absolute Gasteiger partial charge is 0.315 e. The minimum absolute atomic E-state index is 0.0339. The Labute approximate surface area is 228 Å². The molecule has 39 heavy (non-hydrogen) atoms. The van der Waals surface area contributed by atoms with E-state index >= 15 is 0 Å². The van der Waals surface area contributed by atoms with E-state index in [0.717, 1.165) is 16.9 Å². The molecule has 2 heterocycles. The van der Waals surface area contributed by atoms with E-state index in [9.17, 15) is 9.59 Å². The van der Waals surface area contributed by atoms with E-state index < -0.39 is 17.8 Å². The quantitative estimate of drug-likeness (QED) is 0.336. The lowest BCUT2D eigenvalue weighted by atomic mass is 9.70. The molecule has 1 aromatic heterocycles. The van der Waals surface area contributed by atoms with Crippen LogP contribution < -0.4 is 9.47 Å². The Morgan fingerprint density at radius 2 is 1.74 bits per heavy atom. The van der Waals surface area contributed by atoms with Crippen LogP contribution in [0.1, 0.15) is 54.2 Å². The fourth-order valence-corrected chi connectivity index (χ4v) is 5.64. The largest absolute Gasteiger partial charge is 0.493 e. The molecule has 1 aliphatic heterocycles. The second-order valence-corrected chi connectivity index (χ2v) is 10.1. The number of allylic oxidation sites excluding steroid dienone is 2. The molecular weight excluding hydrogens is 494 g/mol. The standard InChI is InChI=1S/C32H33NO6/c1-19-10-12-27(39-19)31-29(32(35)38-15-14-21-8-6-5-7-9-21)20(2)33-24-16-23(17-25(34)30(24)31)22-11-13-26(36-3)28(18-22)37-4/h5-13,18,23,29,31H,14-17H2,1-4H3. The van der Waals surface area contributed by atoms with Crippen LogP contribution in [0.25, 0.3) is 0 Å². The SMILES string of the molecule is COc1ccc(C2CC(=O)C3=C(C2)N=C(C)C(C(=O)OCCc2ccccc2)C3c2ccc(C)o2)cc1OC. The number of nitrogens with zero attached hydrogens (tertiary/aromatic N) is 1. The van der Waals surface area contributed by atoms with Gasteiger partial charge in [-0.15, -0.1) is 0 Å². The Kier molecular flexibility index (Phi) is 7.68. The molecule has 0 bridgehead atoms. The second-order valence-electron chi connectivity index (χ2n) is 10.1. The molecule has 2 aromatic carbocycles. The number of hydrogen-bond donors (Lipinski definition) is 0. The lowest BCUT2D eigenvalue weighted by Crippen LogP contribution is -2.38. The van der Waals surface area contributed by atoms with Gasteiger partial charge in [0, 0.05) is 29.8 Å². The normalized spacial score (nSPS) is 20.8. The number of hydrogen-bond acceptors (Lipinski definition) is 7. The Balaban J connectivity index is 1.44. The summed E-state index contributed by atoms with van der Waals surface area (Å²) >= 11 is 0. The Hall–Kier alpha value is -4.13. The molecule has 0 fully saturated rings. The Bertz CT molecular complexity index is 1430. The van der Waals surface area contributed by atoms with Gasteiger partial charge in [-0.1, -0.05) is 36.4 Å². The average Bonchev–Trinajstić information content (AvgIpc) is 3.38. The van der Waals surface area contributed by atoms with Crippen LogP contribution in [0.3, 0.4) is 0 Å². The van der Waals surface area contributed by atoms with Gasteiger partial charge in [0.25, 0.3) is 0 Å². The van der Waals surface area contributed by atoms with Gasteiger partial charge in [-0.25, -0.2) is 0 Å². The molecule has 0 N–H and O–H groups in total. The first-order valence-corrected chi connectivity index (χ1v) is 13.2. The average molecular weight is 528 g/mol. The number of ketones is 1. The van der Waals surface area contributed by atoms with Crippen molar-refractivity contribution >= 4 is 17.5 Å². The van der Waals surface area contributed by atoms with E-state index in [-0.39, 0.29) is 18.3 Å². The number of esters is 1. The summed E-state index contributed by atoms with van der Waals surface area (Å²) in [5, 5.41) is 0. The van der Waals surface area contributed by atoms with Crippen molar-refractivity contribution in [3.8, 4) is 11.5 Å². The summed E-state index contributed by atoms with van der Waals surface area (Å²) in [6.45, 7) is 3.93. The minimum atomic E-state index is -0.730. The van der Waals surface area contributed by atoms with E-state index in [1.54, 1.807) is 14.2 Å². The molecule has 0 amide bonds. The first kappa shape index (κ1) is 26.5. The van der Waals surface area contributed by atoms with Crippen molar-refractivity contribution in [1.82, 2.24) is 0 Å². The number of aryl methyl sites for hydroxylation is 1. The van der Waals surface area contributed by atoms with Crippen LogP contribution in [-0.4, -0.2) is 38.3 Å². The fraction of sp³-hybridized carbons (Fsp3) is 0.344. The van der Waals surface area contributed by atoms with Crippen molar-refractivity contribution in [2.75, 3.05) is 20.8 Å². The number of carbonyl (C=O) groups excluding carboxylic acids is 2. The zero-order valence-electron chi connectivity index (χ0n) is 22.7. The number of ether oxygens (including phenoxy) is 3. The van der Waals surface area contributed by atoms with Crippen molar-refractivity contribution in [2.24, 2.45) is 10.9 Å². The zero-order valence-corrected chi connectivity index (χ0v) is 22.7. The van der Waals surface area contributed by atoms with Crippen LogP contribution in [0.15, 0.2) is 81.3 Å². The third-order valence-corrected chi connectivity index (χ3v) is 7.57. The summed E-state index contributed by atoms with van der Waals surface area (Å²) in [7, 11) is 3.19. The van der Waals surface area contributed by atoms with Crippen LogP contribution in [0.5, 0.6) is 11.5 Å². The predicted octanol–water partition coefficient (Wildman–Crippen LogP) is 5.97.